The van der Waals surface area contributed by atoms with Crippen LogP contribution in [0.15, 0.2) is 152 Å². The summed E-state index contributed by atoms with van der Waals surface area (Å²) in [7, 11) is 12.8. The maximum absolute atomic E-state index is 10.1. The van der Waals surface area contributed by atoms with Gasteiger partial charge in [0.2, 0.25) is 0 Å². The Morgan fingerprint density at radius 2 is 0.480 bits per heavy atom. The Bertz CT molecular complexity index is 2250. The van der Waals surface area contributed by atoms with Gasteiger partial charge in [-0.3, -0.25) is 30.6 Å². The van der Waals surface area contributed by atoms with Gasteiger partial charge in [0, 0.05) is 396 Å². The Labute approximate surface area is 944 Å². The second-order valence-corrected chi connectivity index (χ2v) is 17.3. The number of ether oxygens (including phenoxy) is 7. The van der Waals surface area contributed by atoms with Crippen molar-refractivity contribution >= 4 is 91.6 Å². The van der Waals surface area contributed by atoms with E-state index < -0.39 is 0 Å². The van der Waals surface area contributed by atoms with Crippen molar-refractivity contribution in [3.05, 3.63) is 251 Å². The summed E-state index contributed by atoms with van der Waals surface area (Å²) in [6.45, 7) is 30.6. The number of methoxy groups -OCH3 is 4. The number of hydrogen-bond donors (Lipinski definition) is 14. The van der Waals surface area contributed by atoms with Crippen molar-refractivity contribution in [2.24, 2.45) is 17.2 Å². The van der Waals surface area contributed by atoms with Gasteiger partial charge in [0.15, 0.2) is 0 Å². The second-order valence-electron chi connectivity index (χ2n) is 17.3. The third-order valence-electron chi connectivity index (χ3n) is 7.59. The molecule has 0 aromatic heterocycles. The molecule has 125 heavy (non-hydrogen) atoms. The zero-order valence-electron chi connectivity index (χ0n) is 81.2. The van der Waals surface area contributed by atoms with Gasteiger partial charge >= 0.3 is 0 Å². The van der Waals surface area contributed by atoms with Crippen molar-refractivity contribution in [3.8, 4) is 12.1 Å². The van der Waals surface area contributed by atoms with Gasteiger partial charge in [-0.15, -0.1) is 19.3 Å². The number of nitrogens with zero attached hydrogens (tertiary/aromatic N) is 2. The number of nitrogens with one attached hydrogen (secondary N) is 4. The van der Waals surface area contributed by atoms with Gasteiger partial charge in [-0.25, -0.2) is 0 Å². The summed E-state index contributed by atoms with van der Waals surface area (Å²) < 4.78 is 33.2. The molecule has 5 aromatic carbocycles. The molecule has 0 spiro atoms. The van der Waals surface area contributed by atoms with Crippen molar-refractivity contribution in [2.75, 3.05) is 71.1 Å². The van der Waals surface area contributed by atoms with Crippen LogP contribution in [-0.2, 0) is 220 Å². The zero-order chi connectivity index (χ0) is 82.2. The first-order valence-electron chi connectivity index (χ1n) is 31.1. The molecule has 0 bridgehead atoms. The Hall–Kier alpha value is -0.844. The SMILES string of the molecule is CC#N.CC#N.CC(=N)N.CC(=N)N.CC(=N)N.CC(C)=N.CCC[CH-]OC(C)=O.CCC[CH-]OC(C)=O.CC[CH-]OC(C)=O.CCc1ccccc1.CO.CO.CO.CO.CO.CO.COCc1ccccc1.COCc1ccccc1.COCc1ccccc1.COCc1ccccc1.N.[B].[B].[B].[B].[B].[B].[CH3-].[CH3-].[CH3-].[CH3-].[CH3-].[CH3-].[CH3-].[HH].[Pd].[U].[U].[U].[V].[V].[V].[W].[W].[W]. The van der Waals surface area contributed by atoms with E-state index in [-0.39, 0.29) is 378 Å². The van der Waals surface area contributed by atoms with Crippen molar-refractivity contribution in [1.82, 2.24) is 6.15 Å². The number of unbranched alkanes of at least 4 members (excludes halogenated alkanes) is 2. The van der Waals surface area contributed by atoms with Gasteiger partial charge in [-0.1, -0.05) is 192 Å². The molecule has 21 radical (unpaired) electrons. The van der Waals surface area contributed by atoms with E-state index in [1.807, 2.05) is 148 Å². The third-order valence-corrected chi connectivity index (χ3v) is 7.59. The normalized spacial score (nSPS) is 6.11. The minimum Gasteiger partial charge on any atom is -0.637 e. The van der Waals surface area contributed by atoms with Crippen LogP contribution in [0.4, 0.5) is 0 Å². The van der Waals surface area contributed by atoms with Gasteiger partial charge in [0.05, 0.1) is 56.1 Å². The number of aliphatic hydroxyl groups excluding tert-OH is 6. The standard InChI is InChI=1S/4C8H10O.C8H10.2C6H11O2.C5H9O2.C3H7N.3C2H6N2.2C2H3N.6CH4O.7CH3.6B.H3N.Pd.3U.3V.3W.H2/c4*1-9-7-8-5-3-2-4-6-8;1-2-8-6-4-3-5-7-8;2*1-3-4-5-8-6(2)7;1-3-4-7-5(2)6;1-3(2)4;3*1-2(3)4;2*1-2-3;6*1-2;;;;;;;;;;;;;;;;;;;;;;;;;/h4*2-6H,7H2,1H3;3-7H,2H2,1H3;2*5H,3-4H2,1-2H3;4H,3H2,1-2H3;4H,1-2H3;3*1H3,(H3,3,4);2*1H3;6*2H,1H3;7*1H3;;;;;;;1H3;;;;;;;;;;;1H/q;;;;;3*-1;;;;;;;;;;;;;7*-1;;;;;;;;;;;;;;;;;;. The van der Waals surface area contributed by atoms with Gasteiger partial charge in [0.1, 0.15) is 0 Å². The molecule has 0 amide bonds. The Morgan fingerprint density at radius 1 is 0.360 bits per heavy atom. The summed E-state index contributed by atoms with van der Waals surface area (Å²) in [6, 6.07) is 54.4. The van der Waals surface area contributed by atoms with Gasteiger partial charge in [0.25, 0.3) is 17.9 Å². The number of nitriles is 2. The second kappa shape index (κ2) is 272. The summed E-state index contributed by atoms with van der Waals surface area (Å²) in [4.78, 5) is 30.1. The predicted molar refractivity (Wildman–Crippen MR) is 503 cm³/mol. The van der Waals surface area contributed by atoms with E-state index in [0.717, 1.165) is 81.2 Å². The third kappa shape index (κ3) is 401. The average Bonchev–Trinajstić information content (AvgIpc) is 1.01. The van der Waals surface area contributed by atoms with E-state index >= 15 is 0 Å². The average molecular weight is 3150 g/mol. The van der Waals surface area contributed by atoms with Crippen LogP contribution in [0.3, 0.4) is 0 Å². The minimum absolute atomic E-state index is 0. The Balaban J connectivity index is -0.0000000164. The fraction of sp³-hybridized carbons (Fsp3) is 0.410. The topological polar surface area (TPSA) is 493 Å². The molecular formula is C83H162B6N10O16PdU3V3W3-10. The number of amidine groups is 3. The predicted octanol–water partition coefficient (Wildman–Crippen LogP) is 14.6. The van der Waals surface area contributed by atoms with Gasteiger partial charge < -0.3 is 145 Å². The molecular weight excluding hydrogens is 2980 g/mol. The molecule has 26 nitrogen and oxygen atoms in total. The van der Waals surface area contributed by atoms with Gasteiger partial charge in [-0.2, -0.15) is 30.3 Å². The number of hydrogen-bond acceptors (Lipinski definition) is 23. The van der Waals surface area contributed by atoms with Crippen LogP contribution in [0.25, 0.3) is 0 Å². The molecule has 0 fully saturated rings. The first-order valence-corrected chi connectivity index (χ1v) is 31.1. The molecule has 0 aliphatic rings. The number of nitrogens with two attached hydrogens (primary N) is 3. The maximum atomic E-state index is 10.1. The Morgan fingerprint density at radius 3 is 0.560 bits per heavy atom. The van der Waals surface area contributed by atoms with Crippen LogP contribution >= 0.6 is 0 Å². The van der Waals surface area contributed by atoms with E-state index in [0.29, 0.717) is 32.1 Å². The van der Waals surface area contributed by atoms with Crippen LogP contribution in [0.2, 0.25) is 0 Å². The van der Waals surface area contributed by atoms with Crippen LogP contribution in [0.1, 0.15) is 158 Å². The van der Waals surface area contributed by atoms with Crippen LogP contribution < -0.4 is 23.4 Å². The van der Waals surface area contributed by atoms with E-state index in [1.54, 1.807) is 54.4 Å². The number of carbonyl (C=O) groups excluding carboxylic acids is 3. The van der Waals surface area contributed by atoms with Gasteiger partial charge in [-0.05, 0) is 68.9 Å². The summed E-state index contributed by atoms with van der Waals surface area (Å²) in [5, 5.41) is 82.0. The Kier molecular flexibility index (Phi) is 566. The molecule has 0 saturated carbocycles. The monoisotopic (exact) mass is 3150 g/mol. The summed E-state index contributed by atoms with van der Waals surface area (Å²) >= 11 is 0. The first kappa shape index (κ1) is 260. The molecule has 723 valence electrons. The van der Waals surface area contributed by atoms with Crippen molar-refractivity contribution in [1.29, 1.82) is 32.2 Å². The van der Waals surface area contributed by atoms with E-state index in [2.05, 4.69) is 45.4 Å². The minimum atomic E-state index is -0.248. The fourth-order valence-corrected chi connectivity index (χ4v) is 4.47. The fourth-order valence-electron chi connectivity index (χ4n) is 4.47. The van der Waals surface area contributed by atoms with E-state index in [9.17, 15) is 14.4 Å². The van der Waals surface area contributed by atoms with Crippen molar-refractivity contribution in [2.45, 2.75) is 162 Å². The molecule has 0 saturated heterocycles. The number of aliphatic hydroxyl groups is 6. The summed E-state index contributed by atoms with van der Waals surface area (Å²) in [6.07, 6.45) is 5.65. The zero-order valence-corrected chi connectivity index (χ0v) is 108. The van der Waals surface area contributed by atoms with E-state index in [1.165, 1.54) is 103 Å². The molecule has 5 aromatic rings. The smallest absolute Gasteiger partial charge is 0.271 e. The molecule has 42 heteroatoms. The molecule has 19 N–H and O–H groups in total. The summed E-state index contributed by atoms with van der Waals surface area (Å²) in [5.41, 5.74) is 21.0. The molecule has 0 atom stereocenters. The maximum Gasteiger partial charge on any atom is 0.271 e. The first-order chi connectivity index (χ1) is 48.2. The number of benzene rings is 5. The number of esters is 3. The molecule has 5 rings (SSSR count). The van der Waals surface area contributed by atoms with E-state index in [4.69, 9.17) is 98.9 Å². The molecule has 0 heterocycles. The van der Waals surface area contributed by atoms with Crippen LogP contribution in [-0.4, -0.2) is 193 Å². The van der Waals surface area contributed by atoms with Crippen LogP contribution in [0, 0.1) is 209 Å². The number of aryl methyl sites for hydroxylation is 1. The van der Waals surface area contributed by atoms with Crippen LogP contribution in [0.5, 0.6) is 0 Å². The van der Waals surface area contributed by atoms with Crippen molar-refractivity contribution in [3.63, 3.8) is 0 Å². The number of carbonyl (C=O) groups is 3. The van der Waals surface area contributed by atoms with Crippen molar-refractivity contribution < 1.29 is 312 Å². The quantitative estimate of drug-likeness (QED) is 0.00782. The largest absolute Gasteiger partial charge is 0.637 e. The molecule has 0 unspecified atom stereocenters. The number of rotatable bonds is 17. The molecule has 0 aliphatic carbocycles. The summed E-state index contributed by atoms with van der Waals surface area (Å²) in [5.74, 6) is -0.223. The molecule has 0 aliphatic heterocycles.